The maximum Gasteiger partial charge on any atom is 0.240 e. The zero-order chi connectivity index (χ0) is 16.2. The molecule has 0 atom stereocenters. The second-order valence-corrected chi connectivity index (χ2v) is 6.58. The van der Waals surface area contributed by atoms with Gasteiger partial charge in [0.25, 0.3) is 0 Å². The second-order valence-electron chi connectivity index (χ2n) is 5.16. The molecule has 0 saturated carbocycles. The van der Waals surface area contributed by atoms with Crippen LogP contribution in [0.4, 0.5) is 0 Å². The van der Waals surface area contributed by atoms with Crippen LogP contribution >= 0.6 is 23.6 Å². The molecule has 0 saturated heterocycles. The SMILES string of the molecule is Cc1cccc(-c2n[nH]c(=S)n2CC(=O)NCc2cccs2)c1. The Morgan fingerprint density at radius 1 is 1.39 bits per heavy atom. The minimum absolute atomic E-state index is 0.0928. The molecule has 0 spiro atoms. The first-order chi connectivity index (χ1) is 11.1. The van der Waals surface area contributed by atoms with E-state index in [9.17, 15) is 4.79 Å². The van der Waals surface area contributed by atoms with Gasteiger partial charge in [0.05, 0.1) is 6.54 Å². The number of H-pyrrole nitrogens is 1. The molecule has 118 valence electrons. The van der Waals surface area contributed by atoms with Gasteiger partial charge in [0.15, 0.2) is 10.6 Å². The van der Waals surface area contributed by atoms with E-state index in [2.05, 4.69) is 15.5 Å². The van der Waals surface area contributed by atoms with E-state index < -0.39 is 0 Å². The van der Waals surface area contributed by atoms with E-state index in [-0.39, 0.29) is 12.5 Å². The van der Waals surface area contributed by atoms with Crippen LogP contribution in [0, 0.1) is 11.7 Å². The first-order valence-corrected chi connectivity index (χ1v) is 8.43. The topological polar surface area (TPSA) is 62.7 Å². The van der Waals surface area contributed by atoms with Gasteiger partial charge in [0, 0.05) is 10.4 Å². The van der Waals surface area contributed by atoms with Crippen LogP contribution in [0.5, 0.6) is 0 Å². The van der Waals surface area contributed by atoms with Crippen molar-refractivity contribution < 1.29 is 4.79 Å². The van der Waals surface area contributed by atoms with Gasteiger partial charge in [-0.15, -0.1) is 11.3 Å². The summed E-state index contributed by atoms with van der Waals surface area (Å²) >= 11 is 6.87. The molecular formula is C16H16N4OS2. The number of rotatable bonds is 5. The standard InChI is InChI=1S/C16H16N4OS2/c1-11-4-2-5-12(8-11)15-18-19-16(22)20(15)10-14(21)17-9-13-6-3-7-23-13/h2-8H,9-10H2,1H3,(H,17,21)(H,19,22). The number of hydrogen-bond donors (Lipinski definition) is 2. The van der Waals surface area contributed by atoms with Crippen LogP contribution in [0.15, 0.2) is 41.8 Å². The van der Waals surface area contributed by atoms with Gasteiger partial charge in [-0.05, 0) is 36.7 Å². The van der Waals surface area contributed by atoms with Gasteiger partial charge >= 0.3 is 0 Å². The molecule has 1 aromatic carbocycles. The van der Waals surface area contributed by atoms with Crippen molar-refractivity contribution in [3.05, 3.63) is 57.0 Å². The van der Waals surface area contributed by atoms with Gasteiger partial charge in [-0.2, -0.15) is 5.10 Å². The summed E-state index contributed by atoms with van der Waals surface area (Å²) in [5.41, 5.74) is 2.06. The summed E-state index contributed by atoms with van der Waals surface area (Å²) < 4.78 is 2.15. The van der Waals surface area contributed by atoms with Gasteiger partial charge in [-0.3, -0.25) is 14.5 Å². The summed E-state index contributed by atoms with van der Waals surface area (Å²) in [5, 5.41) is 11.9. The molecule has 0 aliphatic carbocycles. The van der Waals surface area contributed by atoms with Gasteiger partial charge in [-0.25, -0.2) is 0 Å². The number of nitrogens with zero attached hydrogens (tertiary/aromatic N) is 2. The number of carbonyl (C=O) groups is 1. The first-order valence-electron chi connectivity index (χ1n) is 7.15. The maximum atomic E-state index is 12.2. The molecule has 3 aromatic rings. The number of thiophene rings is 1. The lowest BCUT2D eigenvalue weighted by atomic mass is 10.1. The van der Waals surface area contributed by atoms with E-state index in [1.165, 1.54) is 0 Å². The van der Waals surface area contributed by atoms with Gasteiger partial charge < -0.3 is 5.32 Å². The van der Waals surface area contributed by atoms with Crippen molar-refractivity contribution >= 4 is 29.5 Å². The lowest BCUT2D eigenvalue weighted by Crippen LogP contribution is -2.27. The Bertz CT molecular complexity index is 864. The smallest absolute Gasteiger partial charge is 0.240 e. The summed E-state index contributed by atoms with van der Waals surface area (Å²) in [6.07, 6.45) is 0. The highest BCUT2D eigenvalue weighted by molar-refractivity contribution is 7.71. The molecule has 1 amide bonds. The Kier molecular flexibility index (Phi) is 4.68. The minimum atomic E-state index is -0.0928. The Balaban J connectivity index is 1.76. The zero-order valence-corrected chi connectivity index (χ0v) is 14.2. The number of aryl methyl sites for hydroxylation is 1. The van der Waals surface area contributed by atoms with Crippen LogP contribution in [0.1, 0.15) is 10.4 Å². The van der Waals surface area contributed by atoms with E-state index in [1.807, 2.05) is 48.7 Å². The zero-order valence-electron chi connectivity index (χ0n) is 12.6. The van der Waals surface area contributed by atoms with Crippen molar-refractivity contribution in [2.24, 2.45) is 0 Å². The fourth-order valence-corrected chi connectivity index (χ4v) is 3.11. The Hall–Kier alpha value is -2.25. The number of nitrogens with one attached hydrogen (secondary N) is 2. The molecule has 0 bridgehead atoms. The van der Waals surface area contributed by atoms with E-state index in [1.54, 1.807) is 15.9 Å². The number of aromatic nitrogens is 3. The highest BCUT2D eigenvalue weighted by atomic mass is 32.1. The van der Waals surface area contributed by atoms with Crippen LogP contribution in [-0.4, -0.2) is 20.7 Å². The van der Waals surface area contributed by atoms with Crippen LogP contribution in [-0.2, 0) is 17.9 Å². The Labute approximate surface area is 143 Å². The number of amides is 1. The summed E-state index contributed by atoms with van der Waals surface area (Å²) in [5.74, 6) is 0.578. The van der Waals surface area contributed by atoms with E-state index in [0.717, 1.165) is 16.0 Å². The number of carbonyl (C=O) groups excluding carboxylic acids is 1. The van der Waals surface area contributed by atoms with E-state index in [0.29, 0.717) is 17.1 Å². The molecule has 0 unspecified atom stereocenters. The average molecular weight is 344 g/mol. The lowest BCUT2D eigenvalue weighted by molar-refractivity contribution is -0.121. The molecule has 3 rings (SSSR count). The molecule has 0 aliphatic heterocycles. The quantitative estimate of drug-likeness (QED) is 0.698. The van der Waals surface area contributed by atoms with Gasteiger partial charge in [0.2, 0.25) is 5.91 Å². The molecule has 2 aromatic heterocycles. The highest BCUT2D eigenvalue weighted by Crippen LogP contribution is 2.18. The molecule has 0 aliphatic rings. The third-order valence-corrected chi connectivity index (χ3v) is 4.56. The number of hydrogen-bond acceptors (Lipinski definition) is 4. The van der Waals surface area contributed by atoms with Gasteiger partial charge in [0.1, 0.15) is 6.54 Å². The summed E-state index contributed by atoms with van der Waals surface area (Å²) in [4.78, 5) is 13.3. The summed E-state index contributed by atoms with van der Waals surface area (Å²) in [6.45, 7) is 2.69. The fourth-order valence-electron chi connectivity index (χ4n) is 2.27. The Morgan fingerprint density at radius 2 is 2.26 bits per heavy atom. The van der Waals surface area contributed by atoms with Crippen molar-refractivity contribution in [3.63, 3.8) is 0 Å². The molecule has 23 heavy (non-hydrogen) atoms. The fraction of sp³-hybridized carbons (Fsp3) is 0.188. The molecule has 0 radical (unpaired) electrons. The molecule has 2 heterocycles. The predicted octanol–water partition coefficient (Wildman–Crippen LogP) is 3.29. The Morgan fingerprint density at radius 3 is 3.00 bits per heavy atom. The van der Waals surface area contributed by atoms with Crippen LogP contribution in [0.3, 0.4) is 0 Å². The van der Waals surface area contributed by atoms with Crippen LogP contribution in [0.25, 0.3) is 11.4 Å². The van der Waals surface area contributed by atoms with Crippen molar-refractivity contribution in [2.75, 3.05) is 0 Å². The highest BCUT2D eigenvalue weighted by Gasteiger charge is 2.12. The van der Waals surface area contributed by atoms with Crippen LogP contribution < -0.4 is 5.32 Å². The van der Waals surface area contributed by atoms with Crippen molar-refractivity contribution in [3.8, 4) is 11.4 Å². The summed E-state index contributed by atoms with van der Waals surface area (Å²) in [6, 6.07) is 11.9. The molecule has 0 fully saturated rings. The number of benzene rings is 1. The third-order valence-electron chi connectivity index (χ3n) is 3.38. The van der Waals surface area contributed by atoms with Crippen molar-refractivity contribution in [2.45, 2.75) is 20.0 Å². The average Bonchev–Trinajstić information content (AvgIpc) is 3.16. The second kappa shape index (κ2) is 6.89. The predicted molar refractivity (Wildman–Crippen MR) is 93.8 cm³/mol. The third kappa shape index (κ3) is 3.75. The van der Waals surface area contributed by atoms with Gasteiger partial charge in [-0.1, -0.05) is 29.8 Å². The maximum absolute atomic E-state index is 12.2. The molecule has 7 heteroatoms. The molecular weight excluding hydrogens is 328 g/mol. The first kappa shape index (κ1) is 15.6. The lowest BCUT2D eigenvalue weighted by Gasteiger charge is -2.08. The largest absolute Gasteiger partial charge is 0.350 e. The van der Waals surface area contributed by atoms with Crippen molar-refractivity contribution in [1.29, 1.82) is 0 Å². The molecule has 5 nitrogen and oxygen atoms in total. The monoisotopic (exact) mass is 344 g/mol. The number of aromatic amines is 1. The van der Waals surface area contributed by atoms with E-state index in [4.69, 9.17) is 12.2 Å². The van der Waals surface area contributed by atoms with Crippen molar-refractivity contribution in [1.82, 2.24) is 20.1 Å². The van der Waals surface area contributed by atoms with Crippen LogP contribution in [0.2, 0.25) is 0 Å². The molecule has 2 N–H and O–H groups in total. The minimum Gasteiger partial charge on any atom is -0.350 e. The normalized spacial score (nSPS) is 10.7. The summed E-state index contributed by atoms with van der Waals surface area (Å²) in [7, 11) is 0. The van der Waals surface area contributed by atoms with E-state index >= 15 is 0 Å².